The van der Waals surface area contributed by atoms with Crippen LogP contribution in [-0.4, -0.2) is 29.3 Å². The summed E-state index contributed by atoms with van der Waals surface area (Å²) >= 11 is 0. The fraction of sp³-hybridized carbons (Fsp3) is 0.750. The van der Waals surface area contributed by atoms with Crippen LogP contribution in [0.2, 0.25) is 0 Å². The number of hydrogen-bond donors (Lipinski definition) is 2. The smallest absolute Gasteiger partial charge is 0.304 e. The fourth-order valence-electron chi connectivity index (χ4n) is 0.351. The molecule has 0 aromatic carbocycles. The minimum absolute atomic E-state index is 0.571. The van der Waals surface area contributed by atoms with Crippen LogP contribution in [0.1, 0.15) is 13.3 Å². The summed E-state index contributed by atoms with van der Waals surface area (Å²) in [7, 11) is -4.18. The van der Waals surface area contributed by atoms with Gasteiger partial charge >= 0.3 is 5.97 Å². The summed E-state index contributed by atoms with van der Waals surface area (Å²) in [5, 5.41) is 6.84. The Morgan fingerprint density at radius 2 is 2.00 bits per heavy atom. The van der Waals surface area contributed by atoms with Crippen LogP contribution in [0.25, 0.3) is 0 Å². The Hall–Kier alpha value is -0.620. The Balaban J connectivity index is 4.12. The highest BCUT2D eigenvalue weighted by Crippen LogP contribution is 2.01. The largest absolute Gasteiger partial charge is 0.481 e. The number of hydrogen-bond acceptors (Lipinski definition) is 3. The molecular formula is C4H8O5S. The first-order chi connectivity index (χ1) is 4.34. The Labute approximate surface area is 58.4 Å². The van der Waals surface area contributed by atoms with E-state index >= 15 is 0 Å². The van der Waals surface area contributed by atoms with Crippen LogP contribution >= 0.6 is 0 Å². The van der Waals surface area contributed by atoms with E-state index in [1.807, 2.05) is 0 Å². The number of carbonyl (C=O) groups is 1. The number of carboxylic acids is 1. The molecule has 1 atom stereocenters. The van der Waals surface area contributed by atoms with E-state index in [0.29, 0.717) is 0 Å². The molecular weight excluding hydrogens is 160 g/mol. The average molecular weight is 168 g/mol. The summed E-state index contributed by atoms with van der Waals surface area (Å²) in [4.78, 5) is 9.88. The lowest BCUT2D eigenvalue weighted by Crippen LogP contribution is -2.19. The summed E-state index contributed by atoms with van der Waals surface area (Å²) < 4.78 is 28.6. The highest BCUT2D eigenvalue weighted by molar-refractivity contribution is 7.86. The Kier molecular flexibility index (Phi) is 2.79. The van der Waals surface area contributed by atoms with Gasteiger partial charge in [-0.15, -0.1) is 0 Å². The first kappa shape index (κ1) is 9.38. The van der Waals surface area contributed by atoms with E-state index < -0.39 is 27.8 Å². The zero-order valence-electron chi connectivity index (χ0n) is 5.31. The van der Waals surface area contributed by atoms with E-state index in [1.165, 1.54) is 0 Å². The molecule has 0 aromatic rings. The van der Waals surface area contributed by atoms with Crippen molar-refractivity contribution >= 4 is 16.1 Å². The summed E-state index contributed by atoms with van der Waals surface area (Å²) in [6.45, 7) is 1.13. The first-order valence-electron chi connectivity index (χ1n) is 2.52. The van der Waals surface area contributed by atoms with Crippen LogP contribution in [0.5, 0.6) is 0 Å². The molecule has 0 spiro atoms. The van der Waals surface area contributed by atoms with Crippen molar-refractivity contribution in [1.82, 2.24) is 0 Å². The highest BCUT2D eigenvalue weighted by atomic mass is 32.2. The van der Waals surface area contributed by atoms with Crippen LogP contribution in [-0.2, 0) is 14.9 Å². The molecule has 0 unspecified atom stereocenters. The molecule has 2 N–H and O–H groups in total. The molecule has 0 aliphatic heterocycles. The second-order valence-corrected chi connectivity index (χ2v) is 3.76. The van der Waals surface area contributed by atoms with Crippen molar-refractivity contribution in [2.24, 2.45) is 0 Å². The molecule has 0 bridgehead atoms. The third-order valence-electron chi connectivity index (χ3n) is 0.971. The lowest BCUT2D eigenvalue weighted by atomic mass is 10.3. The molecule has 0 radical (unpaired) electrons. The van der Waals surface area contributed by atoms with Gasteiger partial charge in [0.2, 0.25) is 0 Å². The quantitative estimate of drug-likeness (QED) is 0.566. The van der Waals surface area contributed by atoms with Crippen LogP contribution in [0.3, 0.4) is 0 Å². The average Bonchev–Trinajstić information content (AvgIpc) is 1.60. The Morgan fingerprint density at radius 1 is 1.60 bits per heavy atom. The van der Waals surface area contributed by atoms with E-state index in [2.05, 4.69) is 0 Å². The van der Waals surface area contributed by atoms with Crippen molar-refractivity contribution in [2.45, 2.75) is 18.6 Å². The van der Waals surface area contributed by atoms with Gasteiger partial charge < -0.3 is 5.11 Å². The number of rotatable bonds is 3. The van der Waals surface area contributed by atoms with Gasteiger partial charge in [-0.1, -0.05) is 0 Å². The highest BCUT2D eigenvalue weighted by Gasteiger charge is 2.19. The monoisotopic (exact) mass is 168 g/mol. The van der Waals surface area contributed by atoms with Gasteiger partial charge in [0.05, 0.1) is 11.7 Å². The summed E-state index contributed by atoms with van der Waals surface area (Å²) in [6.07, 6.45) is -0.571. The van der Waals surface area contributed by atoms with Crippen LogP contribution in [0, 0.1) is 0 Å². The maximum absolute atomic E-state index is 10.2. The third kappa shape index (κ3) is 3.41. The zero-order chi connectivity index (χ0) is 8.36. The van der Waals surface area contributed by atoms with Gasteiger partial charge in [-0.2, -0.15) is 8.42 Å². The van der Waals surface area contributed by atoms with E-state index in [-0.39, 0.29) is 0 Å². The van der Waals surface area contributed by atoms with Gasteiger partial charge in [-0.3, -0.25) is 9.35 Å². The predicted molar refractivity (Wildman–Crippen MR) is 33.3 cm³/mol. The number of carboxylic acid groups (broad SMARTS) is 1. The molecule has 0 saturated heterocycles. The van der Waals surface area contributed by atoms with Crippen LogP contribution in [0.4, 0.5) is 0 Å². The minimum Gasteiger partial charge on any atom is -0.481 e. The van der Waals surface area contributed by atoms with Gasteiger partial charge in [-0.25, -0.2) is 0 Å². The van der Waals surface area contributed by atoms with Crippen molar-refractivity contribution in [3.63, 3.8) is 0 Å². The van der Waals surface area contributed by atoms with E-state index in [9.17, 15) is 13.2 Å². The molecule has 0 saturated carbocycles. The van der Waals surface area contributed by atoms with Crippen LogP contribution in [0.15, 0.2) is 0 Å². The van der Waals surface area contributed by atoms with Gasteiger partial charge in [0.25, 0.3) is 10.1 Å². The molecule has 0 aliphatic carbocycles. The van der Waals surface area contributed by atoms with Gasteiger partial charge in [-0.05, 0) is 6.92 Å². The number of aliphatic carboxylic acids is 1. The van der Waals surface area contributed by atoms with Crippen molar-refractivity contribution in [1.29, 1.82) is 0 Å². The van der Waals surface area contributed by atoms with E-state index in [4.69, 9.17) is 9.66 Å². The van der Waals surface area contributed by atoms with Crippen LogP contribution < -0.4 is 0 Å². The lowest BCUT2D eigenvalue weighted by Gasteiger charge is -2.01. The fourth-order valence-corrected chi connectivity index (χ4v) is 0.704. The molecule has 0 amide bonds. The molecule has 10 heavy (non-hydrogen) atoms. The maximum atomic E-state index is 10.2. The van der Waals surface area contributed by atoms with Crippen molar-refractivity contribution in [3.8, 4) is 0 Å². The third-order valence-corrected chi connectivity index (χ3v) is 2.15. The standard InChI is InChI=1S/C4H8O5S/c1-3(2-4(5)6)10(7,8)9/h3H,2H2,1H3,(H,5,6)(H,7,8,9)/t3-/m1/s1. The molecule has 0 rings (SSSR count). The van der Waals surface area contributed by atoms with Crippen molar-refractivity contribution in [2.75, 3.05) is 0 Å². The lowest BCUT2D eigenvalue weighted by molar-refractivity contribution is -0.136. The molecule has 5 nitrogen and oxygen atoms in total. The Morgan fingerprint density at radius 3 is 2.10 bits per heavy atom. The summed E-state index contributed by atoms with van der Waals surface area (Å²) in [5.41, 5.74) is 0. The molecule has 6 heteroatoms. The van der Waals surface area contributed by atoms with Gasteiger partial charge in [0, 0.05) is 0 Å². The van der Waals surface area contributed by atoms with Gasteiger partial charge in [0.15, 0.2) is 0 Å². The molecule has 0 aliphatic rings. The molecule has 0 heterocycles. The minimum atomic E-state index is -4.18. The summed E-state index contributed by atoms with van der Waals surface area (Å²) in [5.74, 6) is -1.25. The molecule has 60 valence electrons. The van der Waals surface area contributed by atoms with Gasteiger partial charge in [0.1, 0.15) is 0 Å². The molecule has 0 aromatic heterocycles. The van der Waals surface area contributed by atoms with E-state index in [0.717, 1.165) is 6.92 Å². The summed E-state index contributed by atoms with van der Waals surface area (Å²) in [6, 6.07) is 0. The van der Waals surface area contributed by atoms with E-state index in [1.54, 1.807) is 0 Å². The van der Waals surface area contributed by atoms with Crippen molar-refractivity contribution < 1.29 is 22.9 Å². The predicted octanol–water partition coefficient (Wildman–Crippen LogP) is -0.263. The topological polar surface area (TPSA) is 91.7 Å². The zero-order valence-corrected chi connectivity index (χ0v) is 6.13. The second kappa shape index (κ2) is 2.98. The van der Waals surface area contributed by atoms with Crippen molar-refractivity contribution in [3.05, 3.63) is 0 Å². The molecule has 0 fully saturated rings. The normalized spacial score (nSPS) is 14.6. The maximum Gasteiger partial charge on any atom is 0.304 e. The SMILES string of the molecule is C[C@H](CC(=O)O)S(=O)(=O)O. The Bertz CT molecular complexity index is 216. The second-order valence-electron chi connectivity index (χ2n) is 1.92. The first-order valence-corrected chi connectivity index (χ1v) is 4.02.